The fraction of sp³-hybridized carbons (Fsp3) is 0.538. The first-order chi connectivity index (χ1) is 14.1. The van der Waals surface area contributed by atoms with Crippen LogP contribution in [0.4, 0.5) is 0 Å². The topological polar surface area (TPSA) is 75.7 Å². The molecule has 0 bridgehead atoms. The van der Waals surface area contributed by atoms with Crippen molar-refractivity contribution in [3.8, 4) is 0 Å². The molecule has 1 rings (SSSR count). The summed E-state index contributed by atoms with van der Waals surface area (Å²) in [6.07, 6.45) is 20.5. The van der Waals surface area contributed by atoms with Gasteiger partial charge >= 0.3 is 5.97 Å². The number of carboxylic acid groups (broad SMARTS) is 1. The summed E-state index contributed by atoms with van der Waals surface area (Å²) in [4.78, 5) is 15.0. The number of rotatable bonds is 11. The minimum Gasteiger partial charge on any atom is -0.480 e. The first-order valence-electron chi connectivity index (χ1n) is 11.0. The smallest absolute Gasteiger partial charge is 0.320 e. The molecule has 4 nitrogen and oxygen atoms in total. The number of hydrogen-bond acceptors (Lipinski definition) is 3. The van der Waals surface area contributed by atoms with Gasteiger partial charge in [0.05, 0.1) is 0 Å². The van der Waals surface area contributed by atoms with Crippen LogP contribution < -0.4 is 5.73 Å². The van der Waals surface area contributed by atoms with Gasteiger partial charge in [0.1, 0.15) is 6.04 Å². The van der Waals surface area contributed by atoms with Crippen molar-refractivity contribution in [1.82, 2.24) is 0 Å². The predicted octanol–water partition coefficient (Wildman–Crippen LogP) is 6.17. The molecule has 0 amide bonds. The molecule has 0 fully saturated rings. The summed E-state index contributed by atoms with van der Waals surface area (Å²) in [6.45, 7) is 11.8. The number of carbonyl (C=O) groups is 1. The van der Waals surface area contributed by atoms with Gasteiger partial charge in [-0.1, -0.05) is 55.4 Å². The molecule has 166 valence electrons. The van der Waals surface area contributed by atoms with Crippen LogP contribution in [0.5, 0.6) is 0 Å². The van der Waals surface area contributed by atoms with Crippen molar-refractivity contribution >= 4 is 12.2 Å². The van der Waals surface area contributed by atoms with Crippen LogP contribution in [-0.2, 0) is 4.79 Å². The lowest BCUT2D eigenvalue weighted by atomic mass is 9.72. The van der Waals surface area contributed by atoms with Crippen LogP contribution in [0, 0.1) is 5.41 Å². The van der Waals surface area contributed by atoms with Crippen molar-refractivity contribution in [2.24, 2.45) is 16.1 Å². The highest BCUT2D eigenvalue weighted by molar-refractivity contribution is 5.73. The summed E-state index contributed by atoms with van der Waals surface area (Å²) < 4.78 is 0. The number of unbranched alkanes of at least 4 members (excludes halogenated alkanes) is 1. The first kappa shape index (κ1) is 25.8. The molecule has 0 aromatic heterocycles. The summed E-state index contributed by atoms with van der Waals surface area (Å²) in [6, 6.07) is -0.762. The Bertz CT molecular complexity index is 749. The number of nitrogens with two attached hydrogens (primary N) is 1. The Morgan fingerprint density at radius 2 is 1.90 bits per heavy atom. The van der Waals surface area contributed by atoms with E-state index < -0.39 is 12.0 Å². The second kappa shape index (κ2) is 13.2. The molecule has 0 heterocycles. The Hall–Kier alpha value is -2.20. The van der Waals surface area contributed by atoms with Gasteiger partial charge in [-0.05, 0) is 81.9 Å². The van der Waals surface area contributed by atoms with E-state index in [1.165, 1.54) is 36.0 Å². The van der Waals surface area contributed by atoms with Gasteiger partial charge < -0.3 is 10.8 Å². The predicted molar refractivity (Wildman–Crippen MR) is 129 cm³/mol. The Labute approximate surface area is 183 Å². The molecule has 1 aliphatic rings. The highest BCUT2D eigenvalue weighted by Crippen LogP contribution is 2.40. The van der Waals surface area contributed by atoms with E-state index in [4.69, 9.17) is 10.8 Å². The van der Waals surface area contributed by atoms with Crippen LogP contribution in [-0.4, -0.2) is 29.9 Å². The second-order valence-electron chi connectivity index (χ2n) is 8.94. The van der Waals surface area contributed by atoms with E-state index in [1.54, 1.807) is 0 Å². The minimum absolute atomic E-state index is 0.274. The average molecular weight is 413 g/mol. The van der Waals surface area contributed by atoms with Crippen molar-refractivity contribution < 1.29 is 9.90 Å². The van der Waals surface area contributed by atoms with Crippen molar-refractivity contribution in [2.75, 3.05) is 6.54 Å². The molecular formula is C26H40N2O2. The van der Waals surface area contributed by atoms with Gasteiger partial charge in [0.2, 0.25) is 0 Å². The monoisotopic (exact) mass is 412 g/mol. The molecular weight excluding hydrogens is 372 g/mol. The Morgan fingerprint density at radius 3 is 2.57 bits per heavy atom. The summed E-state index contributed by atoms with van der Waals surface area (Å²) >= 11 is 0. The fourth-order valence-corrected chi connectivity index (χ4v) is 3.62. The fourth-order valence-electron chi connectivity index (χ4n) is 3.62. The van der Waals surface area contributed by atoms with E-state index in [0.29, 0.717) is 13.0 Å². The van der Waals surface area contributed by atoms with Gasteiger partial charge in [0.15, 0.2) is 0 Å². The van der Waals surface area contributed by atoms with E-state index in [9.17, 15) is 4.79 Å². The van der Waals surface area contributed by atoms with E-state index in [1.807, 2.05) is 19.2 Å². The van der Waals surface area contributed by atoms with Crippen LogP contribution in [0.3, 0.4) is 0 Å². The second-order valence-corrected chi connectivity index (χ2v) is 8.94. The van der Waals surface area contributed by atoms with Crippen LogP contribution in [0.1, 0.15) is 73.1 Å². The normalized spacial score (nSPS) is 19.4. The zero-order valence-corrected chi connectivity index (χ0v) is 19.4. The van der Waals surface area contributed by atoms with Gasteiger partial charge in [0.25, 0.3) is 0 Å². The molecule has 30 heavy (non-hydrogen) atoms. The molecule has 0 unspecified atom stereocenters. The van der Waals surface area contributed by atoms with Gasteiger partial charge in [-0.3, -0.25) is 9.79 Å². The molecule has 0 spiro atoms. The lowest BCUT2D eigenvalue weighted by Gasteiger charge is -2.32. The van der Waals surface area contributed by atoms with E-state index in [0.717, 1.165) is 18.4 Å². The quantitative estimate of drug-likeness (QED) is 0.242. The standard InChI is InChI=1S/C26H40N2O2/c1-20(14-15-23-22(3)12-9-17-26(23,4)5)10-8-11-21(2)16-19-28-18-7-6-13-24(27)25(29)30/h8,10-11,14-16,19,24H,6-7,9,12-13,17-18,27H2,1-5H3,(H,29,30)/b11-8-,15-14+,20-10+,21-16+,28-19?/t24-/m0/s1. The van der Waals surface area contributed by atoms with Gasteiger partial charge in [-0.25, -0.2) is 0 Å². The van der Waals surface area contributed by atoms with Crippen LogP contribution in [0.2, 0.25) is 0 Å². The van der Waals surface area contributed by atoms with Crippen molar-refractivity contribution in [1.29, 1.82) is 0 Å². The van der Waals surface area contributed by atoms with Gasteiger partial charge in [-0.15, -0.1) is 0 Å². The molecule has 0 saturated carbocycles. The van der Waals surface area contributed by atoms with Crippen LogP contribution in [0.15, 0.2) is 63.7 Å². The third-order valence-corrected chi connectivity index (χ3v) is 5.59. The zero-order chi connectivity index (χ0) is 22.6. The van der Waals surface area contributed by atoms with Crippen LogP contribution >= 0.6 is 0 Å². The third-order valence-electron chi connectivity index (χ3n) is 5.59. The van der Waals surface area contributed by atoms with Crippen molar-refractivity contribution in [3.63, 3.8) is 0 Å². The lowest BCUT2D eigenvalue weighted by Crippen LogP contribution is -2.29. The van der Waals surface area contributed by atoms with E-state index in [2.05, 4.69) is 63.1 Å². The molecule has 1 aliphatic carbocycles. The largest absolute Gasteiger partial charge is 0.480 e. The molecule has 0 aromatic carbocycles. The van der Waals surface area contributed by atoms with Crippen molar-refractivity contribution in [2.45, 2.75) is 79.2 Å². The summed E-state index contributed by atoms with van der Waals surface area (Å²) in [7, 11) is 0. The zero-order valence-electron chi connectivity index (χ0n) is 19.4. The Balaban J connectivity index is 2.45. The molecule has 4 heteroatoms. The number of aliphatic carboxylic acids is 1. The number of carboxylic acids is 1. The maximum absolute atomic E-state index is 10.6. The molecule has 0 aromatic rings. The SMILES string of the molecule is CC1=C(/C=C/C(C)=C/C=C\C(C)=C\C=NCCCC[C@H](N)C(=O)O)C(C)(C)CCC1. The number of nitrogens with zero attached hydrogens (tertiary/aromatic N) is 1. The summed E-state index contributed by atoms with van der Waals surface area (Å²) in [5.41, 5.74) is 11.1. The van der Waals surface area contributed by atoms with E-state index >= 15 is 0 Å². The molecule has 0 saturated heterocycles. The summed E-state index contributed by atoms with van der Waals surface area (Å²) in [5.74, 6) is -0.936. The molecule has 3 N–H and O–H groups in total. The number of allylic oxidation sites excluding steroid dienone is 10. The Kier molecular flexibility index (Phi) is 11.3. The van der Waals surface area contributed by atoms with Gasteiger partial charge in [-0.2, -0.15) is 0 Å². The number of hydrogen-bond donors (Lipinski definition) is 2. The molecule has 0 radical (unpaired) electrons. The maximum Gasteiger partial charge on any atom is 0.320 e. The van der Waals surface area contributed by atoms with E-state index in [-0.39, 0.29) is 5.41 Å². The average Bonchev–Trinajstić information content (AvgIpc) is 2.66. The van der Waals surface area contributed by atoms with Crippen LogP contribution in [0.25, 0.3) is 0 Å². The highest BCUT2D eigenvalue weighted by Gasteiger charge is 2.26. The molecule has 0 aliphatic heterocycles. The molecule has 1 atom stereocenters. The Morgan fingerprint density at radius 1 is 1.20 bits per heavy atom. The number of aliphatic imine (C=N–C) groups is 1. The van der Waals surface area contributed by atoms with Gasteiger partial charge in [0, 0.05) is 12.8 Å². The minimum atomic E-state index is -0.936. The third kappa shape index (κ3) is 10.0. The maximum atomic E-state index is 10.6. The summed E-state index contributed by atoms with van der Waals surface area (Å²) in [5, 5.41) is 8.73. The first-order valence-corrected chi connectivity index (χ1v) is 11.0. The highest BCUT2D eigenvalue weighted by atomic mass is 16.4. The lowest BCUT2D eigenvalue weighted by molar-refractivity contribution is -0.138. The van der Waals surface area contributed by atoms with Crippen molar-refractivity contribution in [3.05, 3.63) is 58.7 Å².